The van der Waals surface area contributed by atoms with Crippen LogP contribution in [0.1, 0.15) is 37.1 Å². The normalized spacial score (nSPS) is 18.9. The molecule has 3 rings (SSSR count). The molecule has 1 fully saturated rings. The average Bonchev–Trinajstić information content (AvgIpc) is 3.16. The van der Waals surface area contributed by atoms with Crippen molar-refractivity contribution in [3.63, 3.8) is 0 Å². The van der Waals surface area contributed by atoms with Crippen LogP contribution >= 0.6 is 0 Å². The highest BCUT2D eigenvalue weighted by atomic mass is 19.1. The Labute approximate surface area is 140 Å². The van der Waals surface area contributed by atoms with Crippen LogP contribution in [0.15, 0.2) is 22.6 Å². The van der Waals surface area contributed by atoms with Gasteiger partial charge in [-0.2, -0.15) is 0 Å². The summed E-state index contributed by atoms with van der Waals surface area (Å²) >= 11 is 0. The van der Waals surface area contributed by atoms with E-state index in [1.165, 1.54) is 12.1 Å². The van der Waals surface area contributed by atoms with Gasteiger partial charge in [0.2, 0.25) is 5.91 Å². The van der Waals surface area contributed by atoms with Gasteiger partial charge >= 0.3 is 0 Å². The fraction of sp³-hybridized carbons (Fsp3) is 0.500. The lowest BCUT2D eigenvalue weighted by Crippen LogP contribution is -2.38. The Balaban J connectivity index is 1.56. The summed E-state index contributed by atoms with van der Waals surface area (Å²) in [6, 6.07) is 4.15. The maximum Gasteiger partial charge on any atom is 0.234 e. The van der Waals surface area contributed by atoms with Crippen LogP contribution in [0, 0.1) is 12.7 Å². The van der Waals surface area contributed by atoms with Crippen LogP contribution in [0.3, 0.4) is 0 Å². The third-order valence-corrected chi connectivity index (χ3v) is 4.39. The molecule has 2 unspecified atom stereocenters. The van der Waals surface area contributed by atoms with Crippen molar-refractivity contribution in [2.45, 2.75) is 38.8 Å². The van der Waals surface area contributed by atoms with Gasteiger partial charge in [0.25, 0.3) is 0 Å². The fourth-order valence-corrected chi connectivity index (χ4v) is 3.14. The van der Waals surface area contributed by atoms with Crippen molar-refractivity contribution in [3.05, 3.63) is 35.3 Å². The lowest BCUT2D eigenvalue weighted by molar-refractivity contribution is -0.121. The van der Waals surface area contributed by atoms with E-state index >= 15 is 0 Å². The number of benzene rings is 1. The second-order valence-electron chi connectivity index (χ2n) is 6.29. The SMILES string of the molecule is Cc1c(C(C)NC(=O)CNCC2CCCO2)oc2ccc(F)cc12. The molecule has 0 spiro atoms. The van der Waals surface area contributed by atoms with Gasteiger partial charge in [0.1, 0.15) is 17.2 Å². The highest BCUT2D eigenvalue weighted by molar-refractivity contribution is 5.83. The summed E-state index contributed by atoms with van der Waals surface area (Å²) in [7, 11) is 0. The molecule has 24 heavy (non-hydrogen) atoms. The molecule has 0 aliphatic carbocycles. The van der Waals surface area contributed by atoms with Crippen molar-refractivity contribution in [1.29, 1.82) is 0 Å². The lowest BCUT2D eigenvalue weighted by Gasteiger charge is -2.14. The Morgan fingerprint density at radius 2 is 2.29 bits per heavy atom. The second-order valence-corrected chi connectivity index (χ2v) is 6.29. The van der Waals surface area contributed by atoms with Gasteiger partial charge in [-0.3, -0.25) is 4.79 Å². The highest BCUT2D eigenvalue weighted by Crippen LogP contribution is 2.29. The number of carbonyl (C=O) groups excluding carboxylic acids is 1. The van der Waals surface area contributed by atoms with Crippen LogP contribution in [0.25, 0.3) is 11.0 Å². The molecule has 2 heterocycles. The third-order valence-electron chi connectivity index (χ3n) is 4.39. The maximum absolute atomic E-state index is 13.4. The molecule has 0 radical (unpaired) electrons. The van der Waals surface area contributed by atoms with E-state index in [-0.39, 0.29) is 30.4 Å². The minimum absolute atomic E-state index is 0.105. The van der Waals surface area contributed by atoms with Crippen molar-refractivity contribution in [1.82, 2.24) is 10.6 Å². The van der Waals surface area contributed by atoms with Crippen molar-refractivity contribution in [2.24, 2.45) is 0 Å². The summed E-state index contributed by atoms with van der Waals surface area (Å²) in [5.41, 5.74) is 1.48. The van der Waals surface area contributed by atoms with E-state index < -0.39 is 0 Å². The molecular formula is C18H23FN2O3. The van der Waals surface area contributed by atoms with Crippen LogP contribution in [0.4, 0.5) is 4.39 Å². The molecule has 5 nitrogen and oxygen atoms in total. The second kappa shape index (κ2) is 7.32. The summed E-state index contributed by atoms with van der Waals surface area (Å²) in [5, 5.41) is 6.76. The van der Waals surface area contributed by atoms with Crippen LogP contribution < -0.4 is 10.6 Å². The molecule has 6 heteroatoms. The van der Waals surface area contributed by atoms with Crippen LogP contribution in [0.2, 0.25) is 0 Å². The third kappa shape index (κ3) is 3.76. The monoisotopic (exact) mass is 334 g/mol. The van der Waals surface area contributed by atoms with E-state index in [1.807, 2.05) is 13.8 Å². The molecule has 2 N–H and O–H groups in total. The van der Waals surface area contributed by atoms with Crippen molar-refractivity contribution < 1.29 is 18.3 Å². The molecule has 0 bridgehead atoms. The maximum atomic E-state index is 13.4. The minimum atomic E-state index is -0.298. The van der Waals surface area contributed by atoms with E-state index in [0.717, 1.165) is 30.4 Å². The molecule has 1 aliphatic heterocycles. The van der Waals surface area contributed by atoms with Gasteiger partial charge in [-0.25, -0.2) is 4.39 Å². The molecular weight excluding hydrogens is 311 g/mol. The number of amides is 1. The quantitative estimate of drug-likeness (QED) is 0.853. The Morgan fingerprint density at radius 3 is 3.04 bits per heavy atom. The van der Waals surface area contributed by atoms with Gasteiger partial charge in [0.05, 0.1) is 18.7 Å². The number of hydrogen-bond donors (Lipinski definition) is 2. The molecule has 1 aliphatic rings. The Bertz CT molecular complexity index is 722. The first kappa shape index (κ1) is 16.9. The standard InChI is InChI=1S/C18H23FN2O3/c1-11-15-8-13(19)5-6-16(15)24-18(11)12(2)21-17(22)10-20-9-14-4-3-7-23-14/h5-6,8,12,14,20H,3-4,7,9-10H2,1-2H3,(H,21,22). The molecule has 1 aromatic carbocycles. The molecule has 2 atom stereocenters. The first-order chi connectivity index (χ1) is 11.5. The van der Waals surface area contributed by atoms with Gasteiger partial charge in [-0.1, -0.05) is 0 Å². The molecule has 0 saturated carbocycles. The number of rotatable bonds is 6. The van der Waals surface area contributed by atoms with Gasteiger partial charge in [0.15, 0.2) is 0 Å². The van der Waals surface area contributed by atoms with Crippen molar-refractivity contribution in [2.75, 3.05) is 19.7 Å². The summed E-state index contributed by atoms with van der Waals surface area (Å²) in [5.74, 6) is 0.252. The van der Waals surface area contributed by atoms with Gasteiger partial charge in [-0.05, 0) is 44.9 Å². The molecule has 1 amide bonds. The van der Waals surface area contributed by atoms with Crippen molar-refractivity contribution in [3.8, 4) is 0 Å². The first-order valence-electron chi connectivity index (χ1n) is 8.35. The van der Waals surface area contributed by atoms with E-state index in [2.05, 4.69) is 10.6 Å². The molecule has 1 saturated heterocycles. The largest absolute Gasteiger partial charge is 0.459 e. The number of fused-ring (bicyclic) bond motifs is 1. The lowest BCUT2D eigenvalue weighted by atomic mass is 10.1. The van der Waals surface area contributed by atoms with Crippen LogP contribution in [-0.4, -0.2) is 31.7 Å². The Morgan fingerprint density at radius 1 is 1.46 bits per heavy atom. The molecule has 130 valence electrons. The van der Waals surface area contributed by atoms with Crippen molar-refractivity contribution >= 4 is 16.9 Å². The number of nitrogens with one attached hydrogen (secondary N) is 2. The number of carbonyl (C=O) groups is 1. The molecule has 2 aromatic rings. The number of ether oxygens (including phenoxy) is 1. The molecule has 1 aromatic heterocycles. The summed E-state index contributed by atoms with van der Waals surface area (Å²) in [6.07, 6.45) is 2.34. The van der Waals surface area contributed by atoms with E-state index in [4.69, 9.17) is 9.15 Å². The van der Waals surface area contributed by atoms with E-state index in [0.29, 0.717) is 17.9 Å². The average molecular weight is 334 g/mol. The minimum Gasteiger partial charge on any atom is -0.459 e. The Hall–Kier alpha value is -1.92. The van der Waals surface area contributed by atoms with E-state index in [9.17, 15) is 9.18 Å². The highest BCUT2D eigenvalue weighted by Gasteiger charge is 2.19. The predicted molar refractivity (Wildman–Crippen MR) is 89.3 cm³/mol. The summed E-state index contributed by atoms with van der Waals surface area (Å²) < 4.78 is 24.7. The zero-order valence-corrected chi connectivity index (χ0v) is 14.0. The fourth-order valence-electron chi connectivity index (χ4n) is 3.14. The zero-order chi connectivity index (χ0) is 17.1. The van der Waals surface area contributed by atoms with Crippen LogP contribution in [-0.2, 0) is 9.53 Å². The van der Waals surface area contributed by atoms with Gasteiger partial charge in [0, 0.05) is 24.1 Å². The van der Waals surface area contributed by atoms with Gasteiger partial charge < -0.3 is 19.8 Å². The van der Waals surface area contributed by atoms with E-state index in [1.54, 1.807) is 6.07 Å². The number of halogens is 1. The van der Waals surface area contributed by atoms with Gasteiger partial charge in [-0.15, -0.1) is 0 Å². The Kier molecular flexibility index (Phi) is 5.16. The number of aryl methyl sites for hydroxylation is 1. The summed E-state index contributed by atoms with van der Waals surface area (Å²) in [4.78, 5) is 12.1. The number of hydrogen-bond acceptors (Lipinski definition) is 4. The summed E-state index contributed by atoms with van der Waals surface area (Å²) in [6.45, 7) is 5.46. The zero-order valence-electron chi connectivity index (χ0n) is 14.0. The first-order valence-corrected chi connectivity index (χ1v) is 8.35. The number of furan rings is 1. The predicted octanol–water partition coefficient (Wildman–Crippen LogP) is 2.83. The van der Waals surface area contributed by atoms with Crippen LogP contribution in [0.5, 0.6) is 0 Å². The smallest absolute Gasteiger partial charge is 0.234 e. The topological polar surface area (TPSA) is 63.5 Å².